The Balaban J connectivity index is 0.00000280. The minimum Gasteiger partial charge on any atom is -0.545 e. The van der Waals surface area contributed by atoms with E-state index in [0.717, 1.165) is 0 Å². The number of hydrogen-bond donors (Lipinski definition) is 0. The standard InChI is InChI=1S/C19H25N3O5.Li/c1-11-9-21(18(25)27-19(3,4)5)10-12(2)22(11)17-20-15-13(16(23)24)7-6-8-14(15)26-17;/h6-8,11-12H,9-10H2,1-5H3,(H,23,24);/q;+1/p-1/t11-,12+;. The molecule has 0 bridgehead atoms. The molecule has 0 saturated carbocycles. The molecule has 3 rings (SSSR count). The third-order valence-electron chi connectivity index (χ3n) is 4.42. The predicted octanol–water partition coefficient (Wildman–Crippen LogP) is -0.971. The van der Waals surface area contributed by atoms with E-state index in [4.69, 9.17) is 9.15 Å². The van der Waals surface area contributed by atoms with E-state index in [9.17, 15) is 14.7 Å². The van der Waals surface area contributed by atoms with Gasteiger partial charge in [-0.15, -0.1) is 0 Å². The number of anilines is 1. The quantitative estimate of drug-likeness (QED) is 0.617. The minimum atomic E-state index is -1.30. The van der Waals surface area contributed by atoms with Crippen LogP contribution < -0.4 is 28.9 Å². The number of carbonyl (C=O) groups is 2. The molecule has 2 heterocycles. The summed E-state index contributed by atoms with van der Waals surface area (Å²) in [5, 5.41) is 11.3. The molecule has 146 valence electrons. The van der Waals surface area contributed by atoms with E-state index < -0.39 is 11.6 Å². The van der Waals surface area contributed by atoms with Crippen LogP contribution >= 0.6 is 0 Å². The first kappa shape index (κ1) is 22.1. The summed E-state index contributed by atoms with van der Waals surface area (Å²) in [7, 11) is 0. The van der Waals surface area contributed by atoms with Gasteiger partial charge in [-0.2, -0.15) is 4.98 Å². The van der Waals surface area contributed by atoms with Crippen molar-refractivity contribution in [3.63, 3.8) is 0 Å². The number of nitrogens with zero attached hydrogens (tertiary/aromatic N) is 3. The third kappa shape index (κ3) is 4.45. The number of carboxylic acid groups (broad SMARTS) is 1. The van der Waals surface area contributed by atoms with E-state index in [0.29, 0.717) is 24.7 Å². The normalized spacial score (nSPS) is 20.0. The molecule has 1 fully saturated rings. The van der Waals surface area contributed by atoms with E-state index >= 15 is 0 Å². The van der Waals surface area contributed by atoms with Crippen LogP contribution in [0.4, 0.5) is 10.8 Å². The molecular weight excluding hydrogens is 357 g/mol. The van der Waals surface area contributed by atoms with Crippen LogP contribution in [-0.2, 0) is 4.74 Å². The first-order chi connectivity index (χ1) is 12.6. The molecule has 1 saturated heterocycles. The summed E-state index contributed by atoms with van der Waals surface area (Å²) in [5.41, 5.74) is 0.0970. The van der Waals surface area contributed by atoms with Crippen molar-refractivity contribution in [1.29, 1.82) is 0 Å². The summed E-state index contributed by atoms with van der Waals surface area (Å²) in [4.78, 5) is 31.7. The SMILES string of the molecule is C[C@@H]1CN(C(=O)OC(C)(C)C)C[C@H](C)N1c1nc2c(C(=O)[O-])cccc2o1.[Li+]. The fourth-order valence-corrected chi connectivity index (χ4v) is 3.39. The fraction of sp³-hybridized carbons (Fsp3) is 0.526. The molecular formula is C19H24LiN3O5. The van der Waals surface area contributed by atoms with Crippen LogP contribution in [0.15, 0.2) is 22.6 Å². The summed E-state index contributed by atoms with van der Waals surface area (Å²) in [6, 6.07) is 4.88. The molecule has 1 amide bonds. The monoisotopic (exact) mass is 381 g/mol. The number of ether oxygens (including phenoxy) is 1. The smallest absolute Gasteiger partial charge is 0.545 e. The molecule has 9 heteroatoms. The van der Waals surface area contributed by atoms with Crippen LogP contribution in [0.3, 0.4) is 0 Å². The number of aromatic nitrogens is 1. The summed E-state index contributed by atoms with van der Waals surface area (Å²) >= 11 is 0. The fourth-order valence-electron chi connectivity index (χ4n) is 3.39. The molecule has 28 heavy (non-hydrogen) atoms. The van der Waals surface area contributed by atoms with Crippen molar-refractivity contribution in [1.82, 2.24) is 9.88 Å². The summed E-state index contributed by atoms with van der Waals surface area (Å²) in [6.45, 7) is 10.3. The van der Waals surface area contributed by atoms with E-state index in [1.807, 2.05) is 39.5 Å². The Hall–Kier alpha value is -2.17. The van der Waals surface area contributed by atoms with Crippen molar-refractivity contribution in [2.24, 2.45) is 0 Å². The third-order valence-corrected chi connectivity index (χ3v) is 4.42. The largest absolute Gasteiger partial charge is 1.00 e. The van der Waals surface area contributed by atoms with Crippen LogP contribution in [0.25, 0.3) is 11.1 Å². The molecule has 1 aromatic heterocycles. The number of benzene rings is 1. The van der Waals surface area contributed by atoms with Crippen molar-refractivity contribution in [3.8, 4) is 0 Å². The van der Waals surface area contributed by atoms with E-state index in [1.165, 1.54) is 6.07 Å². The molecule has 0 radical (unpaired) electrons. The second-order valence-electron chi connectivity index (χ2n) is 7.93. The molecule has 2 atom stereocenters. The maximum atomic E-state index is 12.4. The molecule has 0 N–H and O–H groups in total. The zero-order valence-corrected chi connectivity index (χ0v) is 17.2. The average Bonchev–Trinajstić information content (AvgIpc) is 2.95. The van der Waals surface area contributed by atoms with Crippen molar-refractivity contribution >= 4 is 29.2 Å². The molecule has 0 aliphatic carbocycles. The Morgan fingerprint density at radius 1 is 1.21 bits per heavy atom. The maximum Gasteiger partial charge on any atom is 1.00 e. The van der Waals surface area contributed by atoms with Crippen molar-refractivity contribution in [2.45, 2.75) is 52.3 Å². The zero-order valence-electron chi connectivity index (χ0n) is 17.2. The number of oxazole rings is 1. The van der Waals surface area contributed by atoms with Gasteiger partial charge in [0.2, 0.25) is 0 Å². The maximum absolute atomic E-state index is 12.4. The number of piperazine rings is 1. The first-order valence-corrected chi connectivity index (χ1v) is 8.94. The minimum absolute atomic E-state index is 0. The first-order valence-electron chi connectivity index (χ1n) is 8.94. The Morgan fingerprint density at radius 3 is 2.36 bits per heavy atom. The topological polar surface area (TPSA) is 98.9 Å². The number of rotatable bonds is 2. The number of aromatic carboxylic acids is 1. The second-order valence-corrected chi connectivity index (χ2v) is 7.93. The molecule has 0 spiro atoms. The molecule has 0 unspecified atom stereocenters. The number of fused-ring (bicyclic) bond motifs is 1. The number of carboxylic acids is 1. The molecule has 8 nitrogen and oxygen atoms in total. The Morgan fingerprint density at radius 2 is 1.82 bits per heavy atom. The van der Waals surface area contributed by atoms with Gasteiger partial charge in [0.05, 0.1) is 5.97 Å². The Bertz CT molecular complexity index is 864. The van der Waals surface area contributed by atoms with Crippen LogP contribution in [0, 0.1) is 0 Å². The number of para-hydroxylation sites is 1. The van der Waals surface area contributed by atoms with Gasteiger partial charge in [-0.25, -0.2) is 4.79 Å². The van der Waals surface area contributed by atoms with E-state index in [2.05, 4.69) is 4.98 Å². The Labute approximate surface area is 176 Å². The molecule has 2 aromatic rings. The molecule has 1 aliphatic heterocycles. The molecule has 1 aliphatic rings. The van der Waals surface area contributed by atoms with Crippen LogP contribution in [0.1, 0.15) is 45.0 Å². The summed E-state index contributed by atoms with van der Waals surface area (Å²) < 4.78 is 11.3. The second kappa shape index (κ2) is 8.06. The van der Waals surface area contributed by atoms with Crippen molar-refractivity contribution in [3.05, 3.63) is 23.8 Å². The number of hydrogen-bond acceptors (Lipinski definition) is 7. The number of amides is 1. The van der Waals surface area contributed by atoms with E-state index in [1.54, 1.807) is 17.0 Å². The van der Waals surface area contributed by atoms with Gasteiger partial charge in [-0.1, -0.05) is 12.1 Å². The van der Waals surface area contributed by atoms with Crippen LogP contribution in [0.5, 0.6) is 0 Å². The van der Waals surface area contributed by atoms with Crippen molar-refractivity contribution in [2.75, 3.05) is 18.0 Å². The summed E-state index contributed by atoms with van der Waals surface area (Å²) in [5.74, 6) is -1.30. The molecule has 1 aromatic carbocycles. The van der Waals surface area contributed by atoms with Gasteiger partial charge in [0, 0.05) is 30.7 Å². The predicted molar refractivity (Wildman–Crippen MR) is 97.5 cm³/mol. The van der Waals surface area contributed by atoms with Crippen LogP contribution in [0.2, 0.25) is 0 Å². The van der Waals surface area contributed by atoms with Crippen LogP contribution in [-0.4, -0.2) is 52.7 Å². The average molecular weight is 381 g/mol. The summed E-state index contributed by atoms with van der Waals surface area (Å²) in [6.07, 6.45) is -0.349. The van der Waals surface area contributed by atoms with Gasteiger partial charge in [-0.3, -0.25) is 0 Å². The van der Waals surface area contributed by atoms with Gasteiger partial charge >= 0.3 is 25.0 Å². The van der Waals surface area contributed by atoms with Gasteiger partial charge in [0.25, 0.3) is 6.01 Å². The van der Waals surface area contributed by atoms with Gasteiger partial charge in [0.1, 0.15) is 11.1 Å². The zero-order chi connectivity index (χ0) is 19.9. The van der Waals surface area contributed by atoms with E-state index in [-0.39, 0.29) is 48.1 Å². The number of carbonyl (C=O) groups excluding carboxylic acids is 2. The van der Waals surface area contributed by atoms with Gasteiger partial charge < -0.3 is 28.9 Å². The van der Waals surface area contributed by atoms with Gasteiger partial charge in [0.15, 0.2) is 5.58 Å². The van der Waals surface area contributed by atoms with Gasteiger partial charge in [-0.05, 0) is 40.7 Å². The van der Waals surface area contributed by atoms with Crippen molar-refractivity contribution < 1.29 is 42.7 Å². The Kier molecular flexibility index (Phi) is 6.36.